The van der Waals surface area contributed by atoms with Gasteiger partial charge in [0.15, 0.2) is 0 Å². The van der Waals surface area contributed by atoms with E-state index < -0.39 is 5.25 Å². The molecule has 0 aliphatic rings. The molecular weight excluding hydrogens is 366 g/mol. The van der Waals surface area contributed by atoms with Gasteiger partial charge in [-0.1, -0.05) is 17.8 Å². The van der Waals surface area contributed by atoms with Gasteiger partial charge in [0.1, 0.15) is 11.5 Å². The Morgan fingerprint density at radius 1 is 1.11 bits per heavy atom. The molecule has 3 aromatic rings. The smallest absolute Gasteiger partial charge is 0.237 e. The Labute approximate surface area is 160 Å². The lowest BCUT2D eigenvalue weighted by Gasteiger charge is -2.12. The predicted octanol–water partition coefficient (Wildman–Crippen LogP) is 2.80. The number of hydrogen-bond donors (Lipinski definition) is 1. The molecule has 8 nitrogen and oxygen atoms in total. The number of carbonyl (C=O) groups excluding carboxylic acids is 1. The third-order valence-electron chi connectivity index (χ3n) is 3.75. The van der Waals surface area contributed by atoms with Crippen molar-refractivity contribution in [1.29, 1.82) is 0 Å². The number of ether oxygens (including phenoxy) is 2. The van der Waals surface area contributed by atoms with Crippen molar-refractivity contribution in [3.8, 4) is 17.2 Å². The van der Waals surface area contributed by atoms with Gasteiger partial charge in [0.2, 0.25) is 11.1 Å². The first-order valence-electron chi connectivity index (χ1n) is 8.15. The molecule has 1 amide bonds. The van der Waals surface area contributed by atoms with Gasteiger partial charge in [0.05, 0.1) is 25.2 Å². The summed E-state index contributed by atoms with van der Waals surface area (Å²) < 4.78 is 11.9. The molecule has 0 aliphatic heterocycles. The zero-order chi connectivity index (χ0) is 19.2. The van der Waals surface area contributed by atoms with E-state index in [1.165, 1.54) is 11.8 Å². The fourth-order valence-corrected chi connectivity index (χ4v) is 3.10. The predicted molar refractivity (Wildman–Crippen MR) is 103 cm³/mol. The normalized spacial score (nSPS) is 11.7. The van der Waals surface area contributed by atoms with E-state index in [1.54, 1.807) is 38.0 Å². The molecule has 0 bridgehead atoms. The molecule has 27 heavy (non-hydrogen) atoms. The summed E-state index contributed by atoms with van der Waals surface area (Å²) in [6.07, 6.45) is 0. The maximum Gasteiger partial charge on any atom is 0.237 e. The van der Waals surface area contributed by atoms with E-state index in [2.05, 4.69) is 20.8 Å². The number of nitrogens with zero attached hydrogens (tertiary/aromatic N) is 4. The third kappa shape index (κ3) is 4.56. The van der Waals surface area contributed by atoms with E-state index in [4.69, 9.17) is 9.47 Å². The highest BCUT2D eigenvalue weighted by molar-refractivity contribution is 8.00. The van der Waals surface area contributed by atoms with Gasteiger partial charge in [-0.3, -0.25) is 4.79 Å². The van der Waals surface area contributed by atoms with Crippen molar-refractivity contribution < 1.29 is 14.3 Å². The quantitative estimate of drug-likeness (QED) is 0.625. The molecule has 0 spiro atoms. The number of thioether (sulfide) groups is 1. The molecule has 2 aromatic carbocycles. The maximum absolute atomic E-state index is 12.5. The first kappa shape index (κ1) is 18.7. The average Bonchev–Trinajstić information content (AvgIpc) is 3.16. The van der Waals surface area contributed by atoms with E-state index in [0.717, 1.165) is 11.4 Å². The molecule has 1 N–H and O–H groups in total. The van der Waals surface area contributed by atoms with E-state index in [-0.39, 0.29) is 5.91 Å². The fraction of sp³-hybridized carbons (Fsp3) is 0.222. The van der Waals surface area contributed by atoms with Crippen molar-refractivity contribution in [2.45, 2.75) is 17.3 Å². The van der Waals surface area contributed by atoms with Crippen molar-refractivity contribution in [3.63, 3.8) is 0 Å². The Morgan fingerprint density at radius 2 is 1.85 bits per heavy atom. The number of anilines is 1. The van der Waals surface area contributed by atoms with Crippen LogP contribution in [0.25, 0.3) is 5.69 Å². The van der Waals surface area contributed by atoms with Crippen molar-refractivity contribution in [2.24, 2.45) is 0 Å². The average molecular weight is 385 g/mol. The molecule has 0 aliphatic carbocycles. The largest absolute Gasteiger partial charge is 0.497 e. The number of tetrazole rings is 1. The van der Waals surface area contributed by atoms with Crippen molar-refractivity contribution in [3.05, 3.63) is 48.5 Å². The second-order valence-electron chi connectivity index (χ2n) is 5.55. The van der Waals surface area contributed by atoms with Crippen LogP contribution in [0.5, 0.6) is 11.5 Å². The highest BCUT2D eigenvalue weighted by atomic mass is 32.2. The van der Waals surface area contributed by atoms with Gasteiger partial charge in [-0.25, -0.2) is 0 Å². The Hall–Kier alpha value is -3.07. The summed E-state index contributed by atoms with van der Waals surface area (Å²) in [5, 5.41) is 14.7. The Kier molecular flexibility index (Phi) is 5.92. The number of hydrogen-bond acceptors (Lipinski definition) is 7. The van der Waals surface area contributed by atoms with Gasteiger partial charge < -0.3 is 14.8 Å². The van der Waals surface area contributed by atoms with E-state index in [0.29, 0.717) is 16.6 Å². The molecule has 9 heteroatoms. The van der Waals surface area contributed by atoms with E-state index in [1.807, 2.05) is 36.4 Å². The molecule has 0 unspecified atom stereocenters. The van der Waals surface area contributed by atoms with Crippen molar-refractivity contribution in [2.75, 3.05) is 19.5 Å². The summed E-state index contributed by atoms with van der Waals surface area (Å²) in [6.45, 7) is 1.80. The Morgan fingerprint density at radius 3 is 2.56 bits per heavy atom. The van der Waals surface area contributed by atoms with Gasteiger partial charge in [-0.05, 0) is 53.7 Å². The summed E-state index contributed by atoms with van der Waals surface area (Å²) in [5.41, 5.74) is 1.45. The van der Waals surface area contributed by atoms with Crippen LogP contribution in [0.3, 0.4) is 0 Å². The van der Waals surface area contributed by atoms with Crippen LogP contribution < -0.4 is 14.8 Å². The Bertz CT molecular complexity index is 913. The van der Waals surface area contributed by atoms with Crippen LogP contribution in [-0.4, -0.2) is 45.6 Å². The zero-order valence-corrected chi connectivity index (χ0v) is 15.9. The standard InChI is InChI=1S/C18H19N5O3S/c1-12(17(24)19-13-5-4-6-16(11-13)26-3)27-18-20-21-22-23(18)14-7-9-15(25-2)10-8-14/h4-12H,1-3H3,(H,19,24)/t12-/m0/s1. The molecule has 0 saturated carbocycles. The molecular formula is C18H19N5O3S. The van der Waals surface area contributed by atoms with Crippen LogP contribution in [0, 0.1) is 0 Å². The van der Waals surface area contributed by atoms with Crippen LogP contribution in [0.15, 0.2) is 53.7 Å². The molecule has 3 rings (SSSR count). The summed E-state index contributed by atoms with van der Waals surface area (Å²) in [4.78, 5) is 12.5. The second kappa shape index (κ2) is 8.54. The highest BCUT2D eigenvalue weighted by Gasteiger charge is 2.19. The van der Waals surface area contributed by atoms with Crippen LogP contribution in [0.1, 0.15) is 6.92 Å². The van der Waals surface area contributed by atoms with Gasteiger partial charge in [0, 0.05) is 11.8 Å². The third-order valence-corrected chi connectivity index (χ3v) is 4.78. The molecule has 0 radical (unpaired) electrons. The number of aromatic nitrogens is 4. The molecule has 1 heterocycles. The first-order valence-corrected chi connectivity index (χ1v) is 9.03. The van der Waals surface area contributed by atoms with Crippen LogP contribution in [-0.2, 0) is 4.79 Å². The number of rotatable bonds is 7. The monoisotopic (exact) mass is 385 g/mol. The molecule has 0 saturated heterocycles. The van der Waals surface area contributed by atoms with Crippen LogP contribution in [0.2, 0.25) is 0 Å². The van der Waals surface area contributed by atoms with Gasteiger partial charge in [-0.2, -0.15) is 4.68 Å². The minimum atomic E-state index is -0.404. The van der Waals surface area contributed by atoms with Crippen LogP contribution in [0.4, 0.5) is 5.69 Å². The minimum Gasteiger partial charge on any atom is -0.497 e. The van der Waals surface area contributed by atoms with Crippen LogP contribution >= 0.6 is 11.8 Å². The van der Waals surface area contributed by atoms with Gasteiger partial charge in [0.25, 0.3) is 0 Å². The summed E-state index contributed by atoms with van der Waals surface area (Å²) in [7, 11) is 3.19. The lowest BCUT2D eigenvalue weighted by atomic mass is 10.3. The first-order chi connectivity index (χ1) is 13.1. The number of amides is 1. The molecule has 1 atom stereocenters. The zero-order valence-electron chi connectivity index (χ0n) is 15.1. The number of benzene rings is 2. The summed E-state index contributed by atoms with van der Waals surface area (Å²) >= 11 is 1.27. The number of carbonyl (C=O) groups is 1. The second-order valence-corrected chi connectivity index (χ2v) is 6.86. The SMILES string of the molecule is COc1ccc(-n2nnnc2S[C@@H](C)C(=O)Nc2cccc(OC)c2)cc1. The summed E-state index contributed by atoms with van der Waals surface area (Å²) in [5.74, 6) is 1.26. The maximum atomic E-state index is 12.5. The number of methoxy groups -OCH3 is 2. The molecule has 0 fully saturated rings. The summed E-state index contributed by atoms with van der Waals surface area (Å²) in [6, 6.07) is 14.5. The number of nitrogens with one attached hydrogen (secondary N) is 1. The lowest BCUT2D eigenvalue weighted by Crippen LogP contribution is -2.22. The van der Waals surface area contributed by atoms with Gasteiger partial charge >= 0.3 is 0 Å². The van der Waals surface area contributed by atoms with E-state index in [9.17, 15) is 4.79 Å². The topological polar surface area (TPSA) is 91.2 Å². The van der Waals surface area contributed by atoms with Gasteiger partial charge in [-0.15, -0.1) is 5.10 Å². The van der Waals surface area contributed by atoms with E-state index >= 15 is 0 Å². The van der Waals surface area contributed by atoms with Crippen molar-refractivity contribution >= 4 is 23.4 Å². The lowest BCUT2D eigenvalue weighted by molar-refractivity contribution is -0.115. The minimum absolute atomic E-state index is 0.155. The molecule has 1 aromatic heterocycles. The fourth-order valence-electron chi connectivity index (χ4n) is 2.29. The molecule has 140 valence electrons. The Balaban J connectivity index is 1.69. The van der Waals surface area contributed by atoms with Crippen molar-refractivity contribution in [1.82, 2.24) is 20.2 Å². The highest BCUT2D eigenvalue weighted by Crippen LogP contribution is 2.25.